The quantitative estimate of drug-likeness (QED) is 0.101. The predicted octanol–water partition coefficient (Wildman–Crippen LogP) is 1.35. The number of hydrogen-bond donors (Lipinski definition) is 6. The Morgan fingerprint density at radius 3 is 2.27 bits per heavy atom. The van der Waals surface area contributed by atoms with Crippen molar-refractivity contribution in [3.05, 3.63) is 60.2 Å². The summed E-state index contributed by atoms with van der Waals surface area (Å²) in [5, 5.41) is 29.1. The zero-order valence-corrected chi connectivity index (χ0v) is 28.3. The number of unbranched alkanes of at least 4 members (excludes halogenated alkanes) is 1. The number of carbonyl (C=O) groups excluding carboxylic acids is 4. The smallest absolute Gasteiger partial charge is 0.397 e. The number of aliphatic hydroxyl groups excluding tert-OH is 2. The van der Waals surface area contributed by atoms with E-state index in [0.717, 1.165) is 12.8 Å². The number of nitrogens with zero attached hydrogens (tertiary/aromatic N) is 1. The first-order valence-electron chi connectivity index (χ1n) is 15.8. The van der Waals surface area contributed by atoms with Gasteiger partial charge in [0.05, 0.1) is 6.61 Å². The Kier molecular flexibility index (Phi) is 14.9. The van der Waals surface area contributed by atoms with Gasteiger partial charge in [-0.1, -0.05) is 38.5 Å². The van der Waals surface area contributed by atoms with Crippen molar-refractivity contribution in [3.8, 4) is 5.75 Å². The molecule has 1 aliphatic rings. The molecule has 17 heteroatoms. The molecule has 4 amide bonds. The Bertz CT molecular complexity index is 1510. The molecule has 1 heterocycles. The average Bonchev–Trinajstić information content (AvgIpc) is 3.06. The molecule has 6 atom stereocenters. The molecule has 1 saturated heterocycles. The highest BCUT2D eigenvalue weighted by Crippen LogP contribution is 2.26. The second kappa shape index (κ2) is 18.6. The van der Waals surface area contributed by atoms with E-state index in [4.69, 9.17) is 14.0 Å². The lowest BCUT2D eigenvalue weighted by atomic mass is 9.97. The molecule has 6 N–H and O–H groups in total. The Labute approximate surface area is 285 Å². The SMILES string of the molecule is CCCCC(NC(=O)c1ccccc1)N(CCC(=O)Nc1ccc(O[C@@H]2OC(COS(=O)(=O)O)[C@H](O)[C@H](O)C2NC(C)=O)cc1)C(=O)CC. The van der Waals surface area contributed by atoms with Crippen LogP contribution in [-0.4, -0.2) is 102 Å². The normalized spacial score (nSPS) is 21.2. The van der Waals surface area contributed by atoms with Crippen molar-refractivity contribution in [2.75, 3.05) is 18.5 Å². The maximum absolute atomic E-state index is 12.9. The Morgan fingerprint density at radius 1 is 1.00 bits per heavy atom. The minimum Gasteiger partial charge on any atom is -0.463 e. The van der Waals surface area contributed by atoms with Gasteiger partial charge in [-0.15, -0.1) is 0 Å². The van der Waals surface area contributed by atoms with E-state index in [2.05, 4.69) is 20.1 Å². The molecule has 3 rings (SSSR count). The van der Waals surface area contributed by atoms with Crippen LogP contribution in [0.5, 0.6) is 5.75 Å². The molecule has 3 unspecified atom stereocenters. The van der Waals surface area contributed by atoms with Crippen molar-refractivity contribution in [2.24, 2.45) is 0 Å². The van der Waals surface area contributed by atoms with Crippen molar-refractivity contribution < 1.29 is 56.0 Å². The summed E-state index contributed by atoms with van der Waals surface area (Å²) < 4.78 is 46.5. The van der Waals surface area contributed by atoms with Crippen LogP contribution in [0.1, 0.15) is 63.2 Å². The predicted molar refractivity (Wildman–Crippen MR) is 175 cm³/mol. The molecule has 1 fully saturated rings. The maximum Gasteiger partial charge on any atom is 0.397 e. The molecule has 2 aromatic rings. The van der Waals surface area contributed by atoms with E-state index < -0.39 is 65.6 Å². The van der Waals surface area contributed by atoms with Crippen LogP contribution >= 0.6 is 0 Å². The van der Waals surface area contributed by atoms with Crippen LogP contribution in [0.15, 0.2) is 54.6 Å². The average molecular weight is 709 g/mol. The lowest BCUT2D eigenvalue weighted by Crippen LogP contribution is -2.65. The molecule has 0 spiro atoms. The van der Waals surface area contributed by atoms with Crippen molar-refractivity contribution >= 4 is 39.7 Å². The van der Waals surface area contributed by atoms with E-state index >= 15 is 0 Å². The number of nitrogens with one attached hydrogen (secondary N) is 3. The van der Waals surface area contributed by atoms with Crippen LogP contribution in [-0.2, 0) is 33.7 Å². The van der Waals surface area contributed by atoms with Gasteiger partial charge in [0.2, 0.25) is 24.0 Å². The number of carbonyl (C=O) groups is 4. The van der Waals surface area contributed by atoms with Gasteiger partial charge in [-0.2, -0.15) is 8.42 Å². The lowest BCUT2D eigenvalue weighted by Gasteiger charge is -2.42. The second-order valence-electron chi connectivity index (χ2n) is 11.3. The third-order valence-electron chi connectivity index (χ3n) is 7.59. The van der Waals surface area contributed by atoms with Gasteiger partial charge in [0.25, 0.3) is 5.91 Å². The molecule has 0 aromatic heterocycles. The first-order chi connectivity index (χ1) is 23.2. The molecule has 0 aliphatic carbocycles. The molecule has 0 radical (unpaired) electrons. The fraction of sp³-hybridized carbons (Fsp3) is 0.500. The van der Waals surface area contributed by atoms with E-state index in [1.54, 1.807) is 37.3 Å². The highest BCUT2D eigenvalue weighted by Gasteiger charge is 2.46. The van der Waals surface area contributed by atoms with Crippen molar-refractivity contribution in [3.63, 3.8) is 0 Å². The zero-order valence-electron chi connectivity index (χ0n) is 27.5. The fourth-order valence-corrected chi connectivity index (χ4v) is 5.40. The maximum atomic E-state index is 12.9. The third-order valence-corrected chi connectivity index (χ3v) is 8.02. The highest BCUT2D eigenvalue weighted by atomic mass is 32.3. The summed E-state index contributed by atoms with van der Waals surface area (Å²) in [6, 6.07) is 13.3. The number of benzene rings is 2. The summed E-state index contributed by atoms with van der Waals surface area (Å²) in [5.41, 5.74) is 0.835. The van der Waals surface area contributed by atoms with Gasteiger partial charge in [-0.25, -0.2) is 4.18 Å². The van der Waals surface area contributed by atoms with Gasteiger partial charge < -0.3 is 40.5 Å². The number of anilines is 1. The van der Waals surface area contributed by atoms with Crippen LogP contribution in [0.3, 0.4) is 0 Å². The van der Waals surface area contributed by atoms with Gasteiger partial charge in [0.15, 0.2) is 0 Å². The molecule has 0 bridgehead atoms. The summed E-state index contributed by atoms with van der Waals surface area (Å²) in [4.78, 5) is 52.1. The first-order valence-corrected chi connectivity index (χ1v) is 17.2. The number of ether oxygens (including phenoxy) is 2. The van der Waals surface area contributed by atoms with Crippen LogP contribution in [0.25, 0.3) is 0 Å². The van der Waals surface area contributed by atoms with Crippen LogP contribution in [0.4, 0.5) is 5.69 Å². The lowest BCUT2D eigenvalue weighted by molar-refractivity contribution is -0.242. The molecule has 1 aliphatic heterocycles. The van der Waals surface area contributed by atoms with Gasteiger partial charge in [0.1, 0.15) is 36.3 Å². The number of rotatable bonds is 17. The van der Waals surface area contributed by atoms with Crippen molar-refractivity contribution in [1.29, 1.82) is 0 Å². The summed E-state index contributed by atoms with van der Waals surface area (Å²) in [6.45, 7) is 4.09. The van der Waals surface area contributed by atoms with Crippen molar-refractivity contribution in [2.45, 2.75) is 89.7 Å². The molecule has 16 nitrogen and oxygen atoms in total. The summed E-state index contributed by atoms with van der Waals surface area (Å²) in [6.07, 6.45) is -4.62. The number of hydrogen-bond acceptors (Lipinski definition) is 11. The zero-order chi connectivity index (χ0) is 36.1. The Balaban J connectivity index is 1.65. The standard InChI is InChI=1S/C32H44N4O12S/c1-4-6-12-25(35-31(42)21-10-8-7-9-11-21)36(27(39)5-2)18-17-26(38)34-22-13-15-23(16-14-22)47-32-28(33-20(3)37)30(41)29(40)24(48-32)19-46-49(43,44)45/h7-11,13-16,24-25,28-30,32,40-41H,4-6,12,17-19H2,1-3H3,(H,33,37)(H,34,38)(H,35,42)(H,43,44,45)/t24?,25?,28?,29-,30+,32+/m0/s1. The number of aliphatic hydroxyl groups is 2. The summed E-state index contributed by atoms with van der Waals surface area (Å²) in [5.74, 6) is -1.35. The van der Waals surface area contributed by atoms with E-state index in [-0.39, 0.29) is 37.0 Å². The largest absolute Gasteiger partial charge is 0.463 e. The van der Waals surface area contributed by atoms with E-state index in [9.17, 15) is 37.8 Å². The molecular weight excluding hydrogens is 664 g/mol. The van der Waals surface area contributed by atoms with Gasteiger partial charge in [-0.05, 0) is 49.2 Å². The summed E-state index contributed by atoms with van der Waals surface area (Å²) >= 11 is 0. The third kappa shape index (κ3) is 12.4. The van der Waals surface area contributed by atoms with Crippen molar-refractivity contribution in [1.82, 2.24) is 15.5 Å². The van der Waals surface area contributed by atoms with Crippen LogP contribution in [0, 0.1) is 0 Å². The Morgan fingerprint density at radius 2 is 1.67 bits per heavy atom. The first kappa shape index (κ1) is 39.3. The number of amides is 4. The highest BCUT2D eigenvalue weighted by molar-refractivity contribution is 7.80. The van der Waals surface area contributed by atoms with E-state index in [1.807, 2.05) is 6.92 Å². The molecule has 0 saturated carbocycles. The monoisotopic (exact) mass is 708 g/mol. The fourth-order valence-electron chi connectivity index (χ4n) is 5.09. The Hall–Kier alpha value is -4.13. The van der Waals surface area contributed by atoms with Gasteiger partial charge in [0, 0.05) is 37.6 Å². The topological polar surface area (TPSA) is 230 Å². The second-order valence-corrected chi connectivity index (χ2v) is 12.4. The summed E-state index contributed by atoms with van der Waals surface area (Å²) in [7, 11) is -4.88. The minimum atomic E-state index is -4.88. The van der Waals surface area contributed by atoms with E-state index in [0.29, 0.717) is 17.7 Å². The van der Waals surface area contributed by atoms with Crippen LogP contribution in [0.2, 0.25) is 0 Å². The molecular formula is C32H44N4O12S. The minimum absolute atomic E-state index is 0.0589. The van der Waals surface area contributed by atoms with Gasteiger partial charge in [-0.3, -0.25) is 23.7 Å². The van der Waals surface area contributed by atoms with Gasteiger partial charge >= 0.3 is 10.4 Å². The van der Waals surface area contributed by atoms with Crippen LogP contribution < -0.4 is 20.7 Å². The van der Waals surface area contributed by atoms with E-state index in [1.165, 1.54) is 36.1 Å². The molecule has 2 aromatic carbocycles. The molecule has 49 heavy (non-hydrogen) atoms. The molecule has 270 valence electrons.